The van der Waals surface area contributed by atoms with E-state index in [9.17, 15) is 4.79 Å². The van der Waals surface area contributed by atoms with E-state index < -0.39 is 0 Å². The number of rotatable bonds is 4. The number of nitrogen functional groups attached to an aromatic ring is 1. The molecule has 2 rings (SSSR count). The highest BCUT2D eigenvalue weighted by Gasteiger charge is 2.21. The van der Waals surface area contributed by atoms with Gasteiger partial charge in [-0.2, -0.15) is 0 Å². The highest BCUT2D eigenvalue weighted by molar-refractivity contribution is 5.85. The second-order valence-corrected chi connectivity index (χ2v) is 5.50. The molecule has 20 heavy (non-hydrogen) atoms. The molecule has 1 fully saturated rings. The first-order valence-electron chi connectivity index (χ1n) is 7.27. The number of halogens is 1. The Balaban J connectivity index is 0.00000200. The Morgan fingerprint density at radius 3 is 2.55 bits per heavy atom. The Bertz CT molecular complexity index is 430. The summed E-state index contributed by atoms with van der Waals surface area (Å²) in [5, 5.41) is 0. The minimum atomic E-state index is 0. The number of amides is 1. The van der Waals surface area contributed by atoms with Crippen molar-refractivity contribution in [3.8, 4) is 0 Å². The Morgan fingerprint density at radius 1 is 1.25 bits per heavy atom. The lowest BCUT2D eigenvalue weighted by Gasteiger charge is -2.31. The molecule has 1 amide bonds. The van der Waals surface area contributed by atoms with Gasteiger partial charge < -0.3 is 10.6 Å². The van der Waals surface area contributed by atoms with E-state index in [1.54, 1.807) is 0 Å². The summed E-state index contributed by atoms with van der Waals surface area (Å²) in [6, 6.07) is 8.25. The first-order chi connectivity index (χ1) is 9.18. The Morgan fingerprint density at radius 2 is 1.90 bits per heavy atom. The molecular formula is C16H25ClN2O. The standard InChI is InChI=1S/C16H24N2O.ClH/c1-18(14-8-3-2-4-9-14)16(19)12-11-13-7-5-6-10-15(13)17;/h5-7,10,14H,2-4,8-9,11-12,17H2,1H3;1H. The van der Waals surface area contributed by atoms with Crippen LogP contribution in [0.3, 0.4) is 0 Å². The van der Waals surface area contributed by atoms with Crippen molar-refractivity contribution in [2.45, 2.75) is 51.0 Å². The molecule has 1 saturated carbocycles. The fraction of sp³-hybridized carbons (Fsp3) is 0.562. The molecule has 0 unspecified atom stereocenters. The molecule has 0 saturated heterocycles. The summed E-state index contributed by atoms with van der Waals surface area (Å²) in [4.78, 5) is 14.2. The van der Waals surface area contributed by atoms with Crippen LogP contribution in [0.4, 0.5) is 5.69 Å². The van der Waals surface area contributed by atoms with Crippen molar-refractivity contribution in [1.29, 1.82) is 0 Å². The zero-order valence-corrected chi connectivity index (χ0v) is 13.0. The number of para-hydroxylation sites is 1. The fourth-order valence-electron chi connectivity index (χ4n) is 2.85. The van der Waals surface area contributed by atoms with Crippen LogP contribution < -0.4 is 5.73 Å². The van der Waals surface area contributed by atoms with Crippen molar-refractivity contribution in [2.24, 2.45) is 0 Å². The quantitative estimate of drug-likeness (QED) is 0.866. The topological polar surface area (TPSA) is 46.3 Å². The predicted octanol–water partition coefficient (Wildman–Crippen LogP) is 3.41. The van der Waals surface area contributed by atoms with Crippen LogP contribution in [0, 0.1) is 0 Å². The largest absolute Gasteiger partial charge is 0.399 e. The van der Waals surface area contributed by atoms with Crippen molar-refractivity contribution in [3.63, 3.8) is 0 Å². The third-order valence-electron chi connectivity index (χ3n) is 4.18. The lowest BCUT2D eigenvalue weighted by atomic mass is 9.94. The van der Waals surface area contributed by atoms with Gasteiger partial charge in [0.1, 0.15) is 0 Å². The number of anilines is 1. The normalized spacial score (nSPS) is 15.4. The highest BCUT2D eigenvalue weighted by Crippen LogP contribution is 2.22. The van der Waals surface area contributed by atoms with Gasteiger partial charge >= 0.3 is 0 Å². The molecule has 0 aliphatic heterocycles. The van der Waals surface area contributed by atoms with E-state index in [0.717, 1.165) is 30.5 Å². The molecule has 2 N–H and O–H groups in total. The fourth-order valence-corrected chi connectivity index (χ4v) is 2.85. The monoisotopic (exact) mass is 296 g/mol. The summed E-state index contributed by atoms with van der Waals surface area (Å²) in [7, 11) is 1.95. The first kappa shape index (κ1) is 16.8. The number of carbonyl (C=O) groups is 1. The summed E-state index contributed by atoms with van der Waals surface area (Å²) in [5.74, 6) is 0.246. The predicted molar refractivity (Wildman–Crippen MR) is 86.1 cm³/mol. The van der Waals surface area contributed by atoms with Gasteiger partial charge in [-0.3, -0.25) is 4.79 Å². The lowest BCUT2D eigenvalue weighted by Crippen LogP contribution is -2.38. The van der Waals surface area contributed by atoms with Crippen molar-refractivity contribution in [1.82, 2.24) is 4.90 Å². The maximum Gasteiger partial charge on any atom is 0.222 e. The molecule has 1 aliphatic rings. The zero-order valence-electron chi connectivity index (χ0n) is 12.2. The minimum absolute atomic E-state index is 0. The summed E-state index contributed by atoms with van der Waals surface area (Å²) in [5.41, 5.74) is 7.77. The molecular weight excluding hydrogens is 272 g/mol. The van der Waals surface area contributed by atoms with Crippen LogP contribution >= 0.6 is 12.4 Å². The molecule has 1 aromatic rings. The number of aryl methyl sites for hydroxylation is 1. The van der Waals surface area contributed by atoms with Crippen molar-refractivity contribution in [2.75, 3.05) is 12.8 Å². The van der Waals surface area contributed by atoms with Gasteiger partial charge in [-0.1, -0.05) is 37.5 Å². The molecule has 112 valence electrons. The summed E-state index contributed by atoms with van der Waals surface area (Å²) >= 11 is 0. The smallest absolute Gasteiger partial charge is 0.222 e. The third-order valence-corrected chi connectivity index (χ3v) is 4.18. The molecule has 1 aliphatic carbocycles. The molecule has 0 spiro atoms. The average molecular weight is 297 g/mol. The van der Waals surface area contributed by atoms with Crippen LogP contribution in [0.1, 0.15) is 44.1 Å². The van der Waals surface area contributed by atoms with Crippen LogP contribution in [0.15, 0.2) is 24.3 Å². The van der Waals surface area contributed by atoms with Crippen molar-refractivity contribution in [3.05, 3.63) is 29.8 Å². The summed E-state index contributed by atoms with van der Waals surface area (Å²) in [6.45, 7) is 0. The van der Waals surface area contributed by atoms with Gasteiger partial charge in [-0.25, -0.2) is 0 Å². The average Bonchev–Trinajstić information content (AvgIpc) is 2.46. The van der Waals surface area contributed by atoms with E-state index in [2.05, 4.69) is 0 Å². The second kappa shape index (κ2) is 8.15. The number of nitrogens with zero attached hydrogens (tertiary/aromatic N) is 1. The van der Waals surface area contributed by atoms with Crippen LogP contribution in [0.5, 0.6) is 0 Å². The van der Waals surface area contributed by atoms with E-state index >= 15 is 0 Å². The Labute approximate surface area is 127 Å². The maximum absolute atomic E-state index is 12.2. The number of hydrogen-bond donors (Lipinski definition) is 1. The number of nitrogens with two attached hydrogens (primary N) is 1. The third kappa shape index (κ3) is 4.41. The maximum atomic E-state index is 12.2. The second-order valence-electron chi connectivity index (χ2n) is 5.50. The van der Waals surface area contributed by atoms with Crippen LogP contribution in [0.25, 0.3) is 0 Å². The van der Waals surface area contributed by atoms with Crippen LogP contribution in [-0.2, 0) is 11.2 Å². The van der Waals surface area contributed by atoms with Gasteiger partial charge in [-0.05, 0) is 30.9 Å². The SMILES string of the molecule is CN(C(=O)CCc1ccccc1N)C1CCCCC1.Cl. The number of hydrogen-bond acceptors (Lipinski definition) is 2. The van der Waals surface area contributed by atoms with Gasteiger partial charge in [0.25, 0.3) is 0 Å². The molecule has 0 radical (unpaired) electrons. The van der Waals surface area contributed by atoms with E-state index in [-0.39, 0.29) is 18.3 Å². The molecule has 4 heteroatoms. The zero-order chi connectivity index (χ0) is 13.7. The molecule has 0 atom stereocenters. The molecule has 3 nitrogen and oxygen atoms in total. The van der Waals surface area contributed by atoms with Gasteiger partial charge in [0.05, 0.1) is 0 Å². The number of benzene rings is 1. The highest BCUT2D eigenvalue weighted by atomic mass is 35.5. The van der Waals surface area contributed by atoms with E-state index in [1.807, 2.05) is 36.2 Å². The van der Waals surface area contributed by atoms with E-state index in [0.29, 0.717) is 12.5 Å². The summed E-state index contributed by atoms with van der Waals surface area (Å²) < 4.78 is 0. The molecule has 0 heterocycles. The Kier molecular flexibility index (Phi) is 6.86. The number of carbonyl (C=O) groups excluding carboxylic acids is 1. The van der Waals surface area contributed by atoms with E-state index in [1.165, 1.54) is 19.3 Å². The van der Waals surface area contributed by atoms with Gasteiger partial charge in [0, 0.05) is 25.2 Å². The lowest BCUT2D eigenvalue weighted by molar-refractivity contribution is -0.132. The van der Waals surface area contributed by atoms with Crippen molar-refractivity contribution >= 4 is 24.0 Å². The van der Waals surface area contributed by atoms with Crippen LogP contribution in [0.2, 0.25) is 0 Å². The van der Waals surface area contributed by atoms with E-state index in [4.69, 9.17) is 5.73 Å². The molecule has 0 aromatic heterocycles. The Hall–Kier alpha value is -1.22. The van der Waals surface area contributed by atoms with Crippen molar-refractivity contribution < 1.29 is 4.79 Å². The first-order valence-corrected chi connectivity index (χ1v) is 7.27. The van der Waals surface area contributed by atoms with Gasteiger partial charge in [-0.15, -0.1) is 12.4 Å². The van der Waals surface area contributed by atoms with Gasteiger partial charge in [0.2, 0.25) is 5.91 Å². The van der Waals surface area contributed by atoms with Crippen LogP contribution in [-0.4, -0.2) is 23.9 Å². The summed E-state index contributed by atoms with van der Waals surface area (Å²) in [6.07, 6.45) is 7.45. The minimum Gasteiger partial charge on any atom is -0.399 e. The van der Waals surface area contributed by atoms with Gasteiger partial charge in [0.15, 0.2) is 0 Å². The molecule has 0 bridgehead atoms. The molecule has 1 aromatic carbocycles.